The molecule has 1 N–H and O–H groups in total. The number of carbonyl (C=O) groups is 1. The van der Waals surface area contributed by atoms with Crippen LogP contribution in [0.3, 0.4) is 0 Å². The van der Waals surface area contributed by atoms with Crippen molar-refractivity contribution in [1.82, 2.24) is 5.32 Å². The highest BCUT2D eigenvalue weighted by molar-refractivity contribution is 5.98. The largest absolute Gasteiger partial charge is 0.490 e. The molecule has 4 heteroatoms. The average molecular weight is 262 g/mol. The highest BCUT2D eigenvalue weighted by Crippen LogP contribution is 2.36. The monoisotopic (exact) mass is 262 g/mol. The van der Waals surface area contributed by atoms with Crippen molar-refractivity contribution >= 4 is 11.6 Å². The summed E-state index contributed by atoms with van der Waals surface area (Å²) in [6, 6.07) is 6.07. The van der Waals surface area contributed by atoms with Crippen LogP contribution in [0.5, 0.6) is 5.75 Å². The third-order valence-corrected chi connectivity index (χ3v) is 3.52. The van der Waals surface area contributed by atoms with Gasteiger partial charge in [0, 0.05) is 7.05 Å². The number of rotatable bonds is 3. The second kappa shape index (κ2) is 5.21. The normalized spacial score (nSPS) is 17.7. The van der Waals surface area contributed by atoms with Crippen molar-refractivity contribution in [3.8, 4) is 5.75 Å². The first-order valence-electron chi connectivity index (χ1n) is 6.64. The summed E-state index contributed by atoms with van der Waals surface area (Å²) in [6.07, 6.45) is 0.940. The van der Waals surface area contributed by atoms with E-state index in [2.05, 4.69) is 11.4 Å². The molecule has 0 spiro atoms. The van der Waals surface area contributed by atoms with Gasteiger partial charge in [-0.3, -0.25) is 4.79 Å². The van der Waals surface area contributed by atoms with Crippen LogP contribution in [-0.2, 0) is 11.2 Å². The fraction of sp³-hybridized carbons (Fsp3) is 0.533. The number of anilines is 1. The molecule has 0 saturated carbocycles. The summed E-state index contributed by atoms with van der Waals surface area (Å²) in [5.41, 5.74) is 1.58. The Morgan fingerprint density at radius 2 is 2.16 bits per heavy atom. The minimum Gasteiger partial charge on any atom is -0.490 e. The maximum absolute atomic E-state index is 12.4. The third-order valence-electron chi connectivity index (χ3n) is 3.52. The van der Waals surface area contributed by atoms with Crippen molar-refractivity contribution in [3.63, 3.8) is 0 Å². The lowest BCUT2D eigenvalue weighted by atomic mass is 9.93. The second-order valence-electron chi connectivity index (χ2n) is 5.69. The minimum absolute atomic E-state index is 0.0945. The molecular formula is C15H22N2O2. The van der Waals surface area contributed by atoms with E-state index in [1.165, 1.54) is 5.56 Å². The van der Waals surface area contributed by atoms with Gasteiger partial charge in [-0.2, -0.15) is 0 Å². The Balaban J connectivity index is 2.34. The van der Waals surface area contributed by atoms with Gasteiger partial charge in [-0.1, -0.05) is 6.07 Å². The van der Waals surface area contributed by atoms with Gasteiger partial charge in [-0.25, -0.2) is 0 Å². The molecule has 104 valence electrons. The van der Waals surface area contributed by atoms with E-state index >= 15 is 0 Å². The Labute approximate surface area is 114 Å². The molecule has 0 bridgehead atoms. The highest BCUT2D eigenvalue weighted by Gasteiger charge is 2.35. The maximum atomic E-state index is 12.4. The van der Waals surface area contributed by atoms with Gasteiger partial charge in [0.05, 0.1) is 11.1 Å². The van der Waals surface area contributed by atoms with Crippen molar-refractivity contribution in [2.24, 2.45) is 5.41 Å². The van der Waals surface area contributed by atoms with Crippen molar-refractivity contribution in [3.05, 3.63) is 23.8 Å². The zero-order chi connectivity index (χ0) is 14.0. The number of nitrogens with one attached hydrogen (secondary N) is 1. The van der Waals surface area contributed by atoms with Crippen LogP contribution in [0.1, 0.15) is 19.4 Å². The van der Waals surface area contributed by atoms with E-state index in [4.69, 9.17) is 4.74 Å². The summed E-state index contributed by atoms with van der Waals surface area (Å²) in [6.45, 7) is 5.17. The molecule has 0 aromatic heterocycles. The molecule has 0 saturated heterocycles. The van der Waals surface area contributed by atoms with Crippen molar-refractivity contribution in [2.45, 2.75) is 20.3 Å². The Morgan fingerprint density at radius 1 is 1.42 bits per heavy atom. The Hall–Kier alpha value is -1.55. The third kappa shape index (κ3) is 2.73. The zero-order valence-corrected chi connectivity index (χ0v) is 12.1. The molecule has 2 rings (SSSR count). The van der Waals surface area contributed by atoms with Gasteiger partial charge < -0.3 is 15.0 Å². The lowest BCUT2D eigenvalue weighted by molar-refractivity contribution is -0.127. The van der Waals surface area contributed by atoms with Crippen LogP contribution in [-0.4, -0.2) is 33.2 Å². The fourth-order valence-corrected chi connectivity index (χ4v) is 2.26. The molecule has 0 radical (unpaired) electrons. The van der Waals surface area contributed by atoms with Gasteiger partial charge >= 0.3 is 0 Å². The number of hydrogen-bond donors (Lipinski definition) is 1. The van der Waals surface area contributed by atoms with Gasteiger partial charge in [0.25, 0.3) is 0 Å². The van der Waals surface area contributed by atoms with Crippen LogP contribution in [0.2, 0.25) is 0 Å². The van der Waals surface area contributed by atoms with E-state index < -0.39 is 5.41 Å². The predicted molar refractivity (Wildman–Crippen MR) is 76.8 cm³/mol. The number of hydrogen-bond acceptors (Lipinski definition) is 3. The van der Waals surface area contributed by atoms with E-state index in [1.54, 1.807) is 4.90 Å². The number of nitrogens with zero attached hydrogens (tertiary/aromatic N) is 1. The lowest BCUT2D eigenvalue weighted by Crippen LogP contribution is -2.39. The van der Waals surface area contributed by atoms with Gasteiger partial charge in [-0.05, 0) is 51.6 Å². The molecule has 19 heavy (non-hydrogen) atoms. The fourth-order valence-electron chi connectivity index (χ4n) is 2.26. The standard InChI is InChI=1S/C15H22N2O2/c1-15(2)10-19-13-6-5-11(7-8-16-3)9-12(13)17(4)14(15)18/h5-6,9,16H,7-8,10H2,1-4H3. The van der Waals surface area contributed by atoms with Crippen LogP contribution < -0.4 is 15.0 Å². The van der Waals surface area contributed by atoms with Gasteiger partial charge in [0.2, 0.25) is 5.91 Å². The van der Waals surface area contributed by atoms with E-state index in [0.717, 1.165) is 24.4 Å². The Bertz CT molecular complexity index is 483. The lowest BCUT2D eigenvalue weighted by Gasteiger charge is -2.24. The first-order chi connectivity index (χ1) is 8.95. The smallest absolute Gasteiger partial charge is 0.235 e. The summed E-state index contributed by atoms with van der Waals surface area (Å²) in [5, 5.41) is 3.13. The van der Waals surface area contributed by atoms with Crippen molar-refractivity contribution < 1.29 is 9.53 Å². The molecule has 1 aromatic rings. The summed E-state index contributed by atoms with van der Waals surface area (Å²) in [7, 11) is 3.75. The average Bonchev–Trinajstić information content (AvgIpc) is 2.48. The van der Waals surface area contributed by atoms with E-state index in [9.17, 15) is 4.79 Å². The molecule has 1 aliphatic heterocycles. The molecule has 1 amide bonds. The predicted octanol–water partition coefficient (Wildman–Crippen LogP) is 1.83. The number of carbonyl (C=O) groups excluding carboxylic acids is 1. The van der Waals surface area contributed by atoms with Crippen molar-refractivity contribution in [2.75, 3.05) is 32.1 Å². The van der Waals surface area contributed by atoms with Gasteiger partial charge in [0.15, 0.2) is 0 Å². The molecule has 0 atom stereocenters. The number of ether oxygens (including phenoxy) is 1. The molecule has 0 unspecified atom stereocenters. The summed E-state index contributed by atoms with van der Waals surface area (Å²) >= 11 is 0. The Kier molecular flexibility index (Phi) is 3.80. The molecular weight excluding hydrogens is 240 g/mol. The quantitative estimate of drug-likeness (QED) is 0.903. The molecule has 0 fully saturated rings. The molecule has 4 nitrogen and oxygen atoms in total. The van der Waals surface area contributed by atoms with Crippen LogP contribution in [0, 0.1) is 5.41 Å². The maximum Gasteiger partial charge on any atom is 0.235 e. The zero-order valence-electron chi connectivity index (χ0n) is 12.1. The van der Waals surface area contributed by atoms with Crippen LogP contribution in [0.25, 0.3) is 0 Å². The molecule has 1 heterocycles. The summed E-state index contributed by atoms with van der Waals surface area (Å²) in [4.78, 5) is 14.1. The number of benzene rings is 1. The molecule has 1 aliphatic rings. The van der Waals surface area contributed by atoms with E-state index in [1.807, 2.05) is 40.1 Å². The van der Waals surface area contributed by atoms with Crippen LogP contribution >= 0.6 is 0 Å². The Morgan fingerprint density at radius 3 is 2.84 bits per heavy atom. The second-order valence-corrected chi connectivity index (χ2v) is 5.69. The SMILES string of the molecule is CNCCc1ccc2c(c1)N(C)C(=O)C(C)(C)CO2. The summed E-state index contributed by atoms with van der Waals surface area (Å²) in [5.74, 6) is 0.881. The molecule has 0 aliphatic carbocycles. The molecule has 1 aromatic carbocycles. The first-order valence-corrected chi connectivity index (χ1v) is 6.64. The van der Waals surface area contributed by atoms with Crippen molar-refractivity contribution in [1.29, 1.82) is 0 Å². The van der Waals surface area contributed by atoms with Crippen LogP contribution in [0.4, 0.5) is 5.69 Å². The number of fused-ring (bicyclic) bond motifs is 1. The van der Waals surface area contributed by atoms with E-state index in [-0.39, 0.29) is 5.91 Å². The summed E-state index contributed by atoms with van der Waals surface area (Å²) < 4.78 is 5.79. The number of amides is 1. The topological polar surface area (TPSA) is 41.6 Å². The highest BCUT2D eigenvalue weighted by atomic mass is 16.5. The van der Waals surface area contributed by atoms with E-state index in [0.29, 0.717) is 6.61 Å². The number of likely N-dealkylation sites (N-methyl/N-ethyl adjacent to an activating group) is 1. The van der Waals surface area contributed by atoms with Gasteiger partial charge in [0.1, 0.15) is 12.4 Å². The van der Waals surface area contributed by atoms with Crippen LogP contribution in [0.15, 0.2) is 18.2 Å². The first kappa shape index (κ1) is 13.9. The minimum atomic E-state index is -0.487. The van der Waals surface area contributed by atoms with Gasteiger partial charge in [-0.15, -0.1) is 0 Å².